The van der Waals surface area contributed by atoms with Crippen molar-refractivity contribution in [3.63, 3.8) is 0 Å². The highest BCUT2D eigenvalue weighted by molar-refractivity contribution is 7.99. The number of nitro benzene ring substituents is 1. The number of benzene rings is 2. The van der Waals surface area contributed by atoms with E-state index in [1.165, 1.54) is 31.2 Å². The second kappa shape index (κ2) is 12.5. The van der Waals surface area contributed by atoms with Gasteiger partial charge in [0.25, 0.3) is 5.69 Å². The van der Waals surface area contributed by atoms with Crippen molar-refractivity contribution in [3.8, 4) is 0 Å². The Morgan fingerprint density at radius 3 is 2.41 bits per heavy atom. The maximum atomic E-state index is 12.8. The van der Waals surface area contributed by atoms with Gasteiger partial charge >= 0.3 is 5.97 Å². The number of nitrogens with one attached hydrogen (secondary N) is 1. The third-order valence-electron chi connectivity index (χ3n) is 4.52. The van der Waals surface area contributed by atoms with Crippen molar-refractivity contribution >= 4 is 29.2 Å². The number of hydrogen-bond donors (Lipinski definition) is 1. The molecule has 0 radical (unpaired) electrons. The summed E-state index contributed by atoms with van der Waals surface area (Å²) in [4.78, 5) is 36.6. The monoisotopic (exact) mass is 454 g/mol. The Bertz CT molecular complexity index is 987. The number of rotatable bonds is 12. The Hall–Kier alpha value is -3.39. The largest absolute Gasteiger partial charge is 0.457 e. The Balaban J connectivity index is 2.18. The minimum absolute atomic E-state index is 0.0325. The van der Waals surface area contributed by atoms with Crippen molar-refractivity contribution in [2.24, 2.45) is 5.92 Å². The number of nitrogens with zero attached hydrogens (tertiary/aromatic N) is 1. The summed E-state index contributed by atoms with van der Waals surface area (Å²) in [5.41, 5.74) is 1.01. The van der Waals surface area contributed by atoms with Gasteiger partial charge in [0.1, 0.15) is 12.2 Å². The predicted octanol–water partition coefficient (Wildman–Crippen LogP) is 4.69. The maximum absolute atomic E-state index is 12.8. The van der Waals surface area contributed by atoms with Gasteiger partial charge < -0.3 is 10.1 Å². The fourth-order valence-corrected chi connectivity index (χ4v) is 3.85. The molecule has 168 valence electrons. The van der Waals surface area contributed by atoms with Crippen molar-refractivity contribution in [2.75, 3.05) is 12.3 Å². The van der Waals surface area contributed by atoms with Gasteiger partial charge in [-0.2, -0.15) is 0 Å². The molecule has 0 heterocycles. The van der Waals surface area contributed by atoms with Crippen molar-refractivity contribution in [2.45, 2.75) is 25.3 Å². The lowest BCUT2D eigenvalue weighted by Crippen LogP contribution is -2.28. The Morgan fingerprint density at radius 2 is 1.84 bits per heavy atom. The van der Waals surface area contributed by atoms with Crippen LogP contribution in [0.25, 0.3) is 0 Å². The lowest BCUT2D eigenvalue weighted by atomic mass is 10.0. The van der Waals surface area contributed by atoms with Crippen LogP contribution in [0.4, 0.5) is 5.69 Å². The fraction of sp³-hybridized carbons (Fsp3) is 0.250. The van der Waals surface area contributed by atoms with Crippen molar-refractivity contribution in [1.82, 2.24) is 5.32 Å². The number of ether oxygens (including phenoxy) is 1. The molecule has 1 unspecified atom stereocenters. The third kappa shape index (κ3) is 7.39. The van der Waals surface area contributed by atoms with Gasteiger partial charge in [-0.15, -0.1) is 18.3 Å². The van der Waals surface area contributed by atoms with Crippen LogP contribution < -0.4 is 5.32 Å². The van der Waals surface area contributed by atoms with E-state index in [0.717, 1.165) is 4.90 Å². The number of esters is 1. The standard InChI is InChI=1S/C24H26N2O5S/c1-4-14-25-23(17(2)16-32-21-8-6-5-7-9-21)22(18(3)27)24(28)31-15-19-10-12-20(13-11-19)26(29)30/h4-13,17,25H,1,14-16H2,2-3H3. The molecule has 0 aliphatic heterocycles. The Morgan fingerprint density at radius 1 is 1.19 bits per heavy atom. The van der Waals surface area contributed by atoms with Crippen LogP contribution >= 0.6 is 11.8 Å². The SMILES string of the molecule is C=CCNC(=C(C(C)=O)C(=O)OCc1ccc([N+](=O)[O-])cc1)C(C)CSc1ccccc1. The summed E-state index contributed by atoms with van der Waals surface area (Å²) in [5.74, 6) is -0.623. The molecule has 0 saturated carbocycles. The van der Waals surface area contributed by atoms with Crippen LogP contribution in [0.1, 0.15) is 19.4 Å². The van der Waals surface area contributed by atoms with E-state index >= 15 is 0 Å². The van der Waals surface area contributed by atoms with Crippen LogP contribution in [0.5, 0.6) is 0 Å². The van der Waals surface area contributed by atoms with Crippen LogP contribution in [0, 0.1) is 16.0 Å². The summed E-state index contributed by atoms with van der Waals surface area (Å²) in [6.07, 6.45) is 1.65. The molecule has 0 aliphatic rings. The maximum Gasteiger partial charge on any atom is 0.343 e. The number of Topliss-reactive ketones (excluding diaryl/α,β-unsaturated/α-hetero) is 1. The number of non-ortho nitro benzene ring substituents is 1. The first kappa shape index (κ1) is 24.9. The van der Waals surface area contributed by atoms with Gasteiger partial charge in [0.05, 0.1) is 4.92 Å². The van der Waals surface area contributed by atoms with Gasteiger partial charge in [-0.25, -0.2) is 4.79 Å². The third-order valence-corrected chi connectivity index (χ3v) is 5.79. The molecule has 2 aromatic carbocycles. The molecule has 1 N–H and O–H groups in total. The second-order valence-electron chi connectivity index (χ2n) is 7.04. The van der Waals surface area contributed by atoms with E-state index in [4.69, 9.17) is 4.74 Å². The summed E-state index contributed by atoms with van der Waals surface area (Å²) in [7, 11) is 0. The molecule has 2 rings (SSSR count). The topological polar surface area (TPSA) is 98.5 Å². The summed E-state index contributed by atoms with van der Waals surface area (Å²) in [6.45, 7) is 7.25. The van der Waals surface area contributed by atoms with Crippen molar-refractivity contribution in [1.29, 1.82) is 0 Å². The summed E-state index contributed by atoms with van der Waals surface area (Å²) >= 11 is 1.63. The van der Waals surface area contributed by atoms with Crippen LogP contribution in [-0.2, 0) is 20.9 Å². The molecular weight excluding hydrogens is 428 g/mol. The van der Waals surface area contributed by atoms with E-state index in [2.05, 4.69) is 11.9 Å². The average Bonchev–Trinajstić information content (AvgIpc) is 2.79. The quantitative estimate of drug-likeness (QED) is 0.0726. The minimum Gasteiger partial charge on any atom is -0.457 e. The van der Waals surface area contributed by atoms with E-state index < -0.39 is 16.7 Å². The van der Waals surface area contributed by atoms with Gasteiger partial charge in [0.2, 0.25) is 0 Å². The zero-order valence-corrected chi connectivity index (χ0v) is 18.9. The Kier molecular flexibility index (Phi) is 9.69. The number of ketones is 1. The first-order valence-electron chi connectivity index (χ1n) is 10.0. The van der Waals surface area contributed by atoms with E-state index in [9.17, 15) is 19.7 Å². The second-order valence-corrected chi connectivity index (χ2v) is 8.13. The molecule has 0 amide bonds. The predicted molar refractivity (Wildman–Crippen MR) is 125 cm³/mol. The summed E-state index contributed by atoms with van der Waals surface area (Å²) < 4.78 is 5.37. The van der Waals surface area contributed by atoms with Crippen molar-refractivity contribution < 1.29 is 19.2 Å². The molecule has 0 aromatic heterocycles. The lowest BCUT2D eigenvalue weighted by Gasteiger charge is -2.20. The van der Waals surface area contributed by atoms with Crippen LogP contribution in [0.3, 0.4) is 0 Å². The number of nitro groups is 1. The molecular formula is C24H26N2O5S. The van der Waals surface area contributed by atoms with Crippen molar-refractivity contribution in [3.05, 3.63) is 94.2 Å². The van der Waals surface area contributed by atoms with Crippen LogP contribution in [-0.4, -0.2) is 29.0 Å². The van der Waals surface area contributed by atoms with Crippen LogP contribution in [0.15, 0.2) is 83.4 Å². The number of carbonyl (C=O) groups is 2. The molecule has 32 heavy (non-hydrogen) atoms. The van der Waals surface area contributed by atoms with Crippen LogP contribution in [0.2, 0.25) is 0 Å². The van der Waals surface area contributed by atoms with Gasteiger partial charge in [-0.05, 0) is 36.8 Å². The average molecular weight is 455 g/mol. The number of allylic oxidation sites excluding steroid dienone is 1. The molecule has 0 bridgehead atoms. The molecule has 0 fully saturated rings. The highest BCUT2D eigenvalue weighted by Crippen LogP contribution is 2.25. The highest BCUT2D eigenvalue weighted by Gasteiger charge is 2.25. The number of carbonyl (C=O) groups excluding carboxylic acids is 2. The molecule has 7 nitrogen and oxygen atoms in total. The minimum atomic E-state index is -0.737. The first-order valence-corrected chi connectivity index (χ1v) is 11.0. The first-order chi connectivity index (χ1) is 15.3. The molecule has 2 aromatic rings. The van der Waals surface area contributed by atoms with E-state index in [0.29, 0.717) is 23.6 Å². The van der Waals surface area contributed by atoms with Gasteiger partial charge in [0, 0.05) is 40.9 Å². The molecule has 0 saturated heterocycles. The zero-order valence-electron chi connectivity index (χ0n) is 18.1. The molecule has 1 atom stereocenters. The zero-order chi connectivity index (χ0) is 23.5. The fourth-order valence-electron chi connectivity index (χ4n) is 2.89. The summed E-state index contributed by atoms with van der Waals surface area (Å²) in [5, 5.41) is 13.9. The van der Waals surface area contributed by atoms with E-state index in [1.807, 2.05) is 37.3 Å². The van der Waals surface area contributed by atoms with Gasteiger partial charge in [-0.3, -0.25) is 14.9 Å². The van der Waals surface area contributed by atoms with E-state index in [-0.39, 0.29) is 23.8 Å². The smallest absolute Gasteiger partial charge is 0.343 e. The molecule has 8 heteroatoms. The molecule has 0 spiro atoms. The van der Waals surface area contributed by atoms with Gasteiger partial charge in [0.15, 0.2) is 5.78 Å². The van der Waals surface area contributed by atoms with E-state index in [1.54, 1.807) is 17.8 Å². The Labute approximate surface area is 191 Å². The molecule has 0 aliphatic carbocycles. The normalized spacial score (nSPS) is 12.3. The lowest BCUT2D eigenvalue weighted by molar-refractivity contribution is -0.384. The summed E-state index contributed by atoms with van der Waals surface area (Å²) in [6, 6.07) is 15.6. The van der Waals surface area contributed by atoms with Gasteiger partial charge in [-0.1, -0.05) is 31.2 Å². The number of thioether (sulfide) groups is 1. The number of hydrogen-bond acceptors (Lipinski definition) is 7. The highest BCUT2D eigenvalue weighted by atomic mass is 32.2.